The van der Waals surface area contributed by atoms with E-state index in [4.69, 9.17) is 15.0 Å². The molecule has 1 saturated carbocycles. The van der Waals surface area contributed by atoms with E-state index in [1.54, 1.807) is 16.0 Å². The number of aliphatic hydroxyl groups is 3. The molecule has 0 radical (unpaired) electrons. The molecule has 1 aromatic carbocycles. The van der Waals surface area contributed by atoms with Crippen LogP contribution in [0.25, 0.3) is 31.9 Å². The van der Waals surface area contributed by atoms with Gasteiger partial charge in [0.25, 0.3) is 0 Å². The van der Waals surface area contributed by atoms with E-state index in [9.17, 15) is 15.3 Å². The largest absolute Gasteiger partial charge is 0.396 e. The maximum absolute atomic E-state index is 10.8. The van der Waals surface area contributed by atoms with Gasteiger partial charge in [0.15, 0.2) is 0 Å². The quantitative estimate of drug-likeness (QED) is 0.152. The van der Waals surface area contributed by atoms with Crippen LogP contribution in [0.15, 0.2) is 48.9 Å². The van der Waals surface area contributed by atoms with Crippen LogP contribution in [0.5, 0.6) is 0 Å². The molecule has 12 heteroatoms. The minimum atomic E-state index is -1.06. The second-order valence-corrected chi connectivity index (χ2v) is 12.6. The van der Waals surface area contributed by atoms with Gasteiger partial charge in [0.1, 0.15) is 22.4 Å². The molecule has 1 aliphatic carbocycles. The van der Waals surface area contributed by atoms with Crippen LogP contribution in [-0.2, 0) is 13.5 Å². The first-order valence-corrected chi connectivity index (χ1v) is 15.8. The number of aryl methyl sites for hydroxylation is 3. The van der Waals surface area contributed by atoms with E-state index in [0.717, 1.165) is 61.7 Å². The molecule has 11 nitrogen and oxygen atoms in total. The van der Waals surface area contributed by atoms with Crippen LogP contribution >= 0.6 is 11.3 Å². The number of nitrogens with zero attached hydrogens (tertiary/aromatic N) is 6. The van der Waals surface area contributed by atoms with E-state index < -0.39 is 24.2 Å². The van der Waals surface area contributed by atoms with Crippen molar-refractivity contribution in [2.45, 2.75) is 64.3 Å². The zero-order chi connectivity index (χ0) is 31.0. The van der Waals surface area contributed by atoms with Gasteiger partial charge in [0.05, 0.1) is 46.0 Å². The summed E-state index contributed by atoms with van der Waals surface area (Å²) in [5, 5.41) is 42.9. The molecule has 1 unspecified atom stereocenters. The lowest BCUT2D eigenvalue weighted by atomic mass is 10.0. The predicted molar refractivity (Wildman–Crippen MR) is 172 cm³/mol. The summed E-state index contributed by atoms with van der Waals surface area (Å²) in [6, 6.07) is 9.67. The fourth-order valence-electron chi connectivity index (χ4n) is 5.87. The Kier molecular flexibility index (Phi) is 8.59. The number of hydrogen-bond acceptors (Lipinski definition) is 11. The highest BCUT2D eigenvalue weighted by Gasteiger charge is 2.41. The molecule has 1 aliphatic rings. The normalized spacial score (nSPS) is 20.7. The number of pyridine rings is 1. The second-order valence-electron chi connectivity index (χ2n) is 11.5. The Bertz CT molecular complexity index is 1750. The third-order valence-electron chi connectivity index (χ3n) is 8.33. The maximum Gasteiger partial charge on any atom is 0.225 e. The van der Waals surface area contributed by atoms with Gasteiger partial charge in [-0.3, -0.25) is 9.67 Å². The summed E-state index contributed by atoms with van der Waals surface area (Å²) in [5.74, 6) is 0.517. The lowest BCUT2D eigenvalue weighted by Gasteiger charge is -2.22. The molecule has 5 N–H and O–H groups in total. The lowest BCUT2D eigenvalue weighted by Crippen LogP contribution is -2.35. The highest BCUT2D eigenvalue weighted by Crippen LogP contribution is 2.39. The first-order valence-electron chi connectivity index (χ1n) is 15.0. The molecule has 4 aromatic heterocycles. The van der Waals surface area contributed by atoms with Gasteiger partial charge in [0, 0.05) is 37.5 Å². The first kappa shape index (κ1) is 30.1. The topological polar surface area (TPSA) is 154 Å². The van der Waals surface area contributed by atoms with Crippen molar-refractivity contribution >= 4 is 33.3 Å². The van der Waals surface area contributed by atoms with E-state index in [1.807, 2.05) is 38.6 Å². The highest BCUT2D eigenvalue weighted by atomic mass is 32.1. The van der Waals surface area contributed by atoms with Crippen molar-refractivity contribution < 1.29 is 15.3 Å². The molecule has 4 heterocycles. The number of thiazole rings is 1. The Morgan fingerprint density at radius 1 is 1.07 bits per heavy atom. The molecule has 6 rings (SSSR count). The van der Waals surface area contributed by atoms with Crippen LogP contribution in [0, 0.1) is 12.8 Å². The Morgan fingerprint density at radius 2 is 1.86 bits per heavy atom. The molecule has 5 aromatic rings. The number of fused-ring (bicyclic) bond motifs is 1. The van der Waals surface area contributed by atoms with Gasteiger partial charge in [0.2, 0.25) is 5.95 Å². The van der Waals surface area contributed by atoms with Gasteiger partial charge >= 0.3 is 0 Å². The van der Waals surface area contributed by atoms with Crippen molar-refractivity contribution in [3.8, 4) is 21.7 Å². The van der Waals surface area contributed by atoms with Gasteiger partial charge in [-0.15, -0.1) is 11.3 Å². The standard InChI is InChI=1S/C32H38N8O3S/c1-5-6-23-27-25(11-12-33-23)44-31(38-27)26-18(3)36-32(39-30(26)37-24-13-21(16-41)28(42)29(24)43)35-17(2)19-7-9-20(10-8-19)22-14-34-40(4)15-22/h7-12,14-15,17,21,24,28-29,41-43H,5-6,13,16H2,1-4H3,(H2,35,36,37,39)/t17-,21-,24?,28-,29+/m1/s1. The number of benzene rings is 1. The average molecular weight is 615 g/mol. The van der Waals surface area contributed by atoms with E-state index >= 15 is 0 Å². The molecule has 44 heavy (non-hydrogen) atoms. The van der Waals surface area contributed by atoms with Crippen molar-refractivity contribution in [3.05, 3.63) is 65.9 Å². The fourth-order valence-corrected chi connectivity index (χ4v) is 6.95. The van der Waals surface area contributed by atoms with Crippen molar-refractivity contribution in [1.82, 2.24) is 29.7 Å². The minimum absolute atomic E-state index is 0.0983. The minimum Gasteiger partial charge on any atom is -0.396 e. The summed E-state index contributed by atoms with van der Waals surface area (Å²) < 4.78 is 2.82. The summed E-state index contributed by atoms with van der Waals surface area (Å²) in [7, 11) is 1.90. The molecule has 0 amide bonds. The summed E-state index contributed by atoms with van der Waals surface area (Å²) in [6.45, 7) is 5.89. The average Bonchev–Trinajstić information content (AvgIpc) is 3.71. The van der Waals surface area contributed by atoms with Crippen molar-refractivity contribution in [3.63, 3.8) is 0 Å². The van der Waals surface area contributed by atoms with Crippen LogP contribution in [0.2, 0.25) is 0 Å². The van der Waals surface area contributed by atoms with Gasteiger partial charge < -0.3 is 26.0 Å². The van der Waals surface area contributed by atoms with E-state index in [2.05, 4.69) is 58.8 Å². The third-order valence-corrected chi connectivity index (χ3v) is 9.36. The zero-order valence-corrected chi connectivity index (χ0v) is 26.1. The van der Waals surface area contributed by atoms with Gasteiger partial charge in [-0.05, 0) is 43.9 Å². The molecular weight excluding hydrogens is 576 g/mol. The third kappa shape index (κ3) is 5.90. The molecular formula is C32H38N8O3S. The zero-order valence-electron chi connectivity index (χ0n) is 25.3. The predicted octanol–water partition coefficient (Wildman–Crippen LogP) is 4.50. The van der Waals surface area contributed by atoms with Crippen LogP contribution in [0.3, 0.4) is 0 Å². The van der Waals surface area contributed by atoms with Crippen molar-refractivity contribution in [2.75, 3.05) is 17.2 Å². The second kappa shape index (κ2) is 12.6. The summed E-state index contributed by atoms with van der Waals surface area (Å²) in [5.41, 5.74) is 6.51. The smallest absolute Gasteiger partial charge is 0.225 e. The molecule has 0 saturated heterocycles. The van der Waals surface area contributed by atoms with Gasteiger partial charge in [-0.1, -0.05) is 37.6 Å². The molecule has 0 spiro atoms. The maximum atomic E-state index is 10.8. The van der Waals surface area contributed by atoms with E-state index in [-0.39, 0.29) is 12.6 Å². The molecule has 230 valence electrons. The fraction of sp³-hybridized carbons (Fsp3) is 0.406. The van der Waals surface area contributed by atoms with Crippen LogP contribution in [0.1, 0.15) is 49.7 Å². The number of rotatable bonds is 10. The Hall–Kier alpha value is -3.97. The number of nitrogens with one attached hydrogen (secondary N) is 2. The van der Waals surface area contributed by atoms with Gasteiger partial charge in [-0.25, -0.2) is 9.97 Å². The Balaban J connectivity index is 1.34. The van der Waals surface area contributed by atoms with Crippen molar-refractivity contribution in [2.24, 2.45) is 13.0 Å². The molecule has 0 bridgehead atoms. The lowest BCUT2D eigenvalue weighted by molar-refractivity contribution is 0.00446. The first-order chi connectivity index (χ1) is 21.2. The molecule has 5 atom stereocenters. The SMILES string of the molecule is CCCc1nccc2sc(-c3c(C)nc(N[C@H](C)c4ccc(-c5cnn(C)c5)cc4)nc3NC3C[C@H](CO)[C@@H](O)[C@H]3O)nc12. The highest BCUT2D eigenvalue weighted by molar-refractivity contribution is 7.21. The van der Waals surface area contributed by atoms with Crippen LogP contribution in [0.4, 0.5) is 11.8 Å². The molecule has 0 aliphatic heterocycles. The van der Waals surface area contributed by atoms with Crippen LogP contribution < -0.4 is 10.6 Å². The number of aromatic nitrogens is 6. The molecule has 1 fully saturated rings. The summed E-state index contributed by atoms with van der Waals surface area (Å²) in [6.07, 6.45) is 5.76. The van der Waals surface area contributed by atoms with Crippen molar-refractivity contribution in [1.29, 1.82) is 0 Å². The number of hydrogen-bond donors (Lipinski definition) is 5. The van der Waals surface area contributed by atoms with E-state index in [0.29, 0.717) is 18.2 Å². The van der Waals surface area contributed by atoms with Gasteiger partial charge in [-0.2, -0.15) is 10.1 Å². The van der Waals surface area contributed by atoms with Crippen LogP contribution in [-0.4, -0.2) is 69.9 Å². The Labute approximate surface area is 260 Å². The summed E-state index contributed by atoms with van der Waals surface area (Å²) >= 11 is 1.55. The Morgan fingerprint density at radius 3 is 2.55 bits per heavy atom. The number of aliphatic hydroxyl groups excluding tert-OH is 3. The monoisotopic (exact) mass is 614 g/mol. The number of anilines is 2. The van der Waals surface area contributed by atoms with E-state index in [1.165, 1.54) is 0 Å². The summed E-state index contributed by atoms with van der Waals surface area (Å²) in [4.78, 5) is 19.3.